The van der Waals surface area contributed by atoms with Gasteiger partial charge < -0.3 is 9.64 Å². The zero-order chi connectivity index (χ0) is 16.2. The molecule has 0 aliphatic carbocycles. The number of para-hydroxylation sites is 1. The van der Waals surface area contributed by atoms with Gasteiger partial charge in [-0.25, -0.2) is 4.39 Å². The van der Waals surface area contributed by atoms with Crippen LogP contribution in [0.1, 0.15) is 24.0 Å². The summed E-state index contributed by atoms with van der Waals surface area (Å²) in [7, 11) is 0. The molecular formula is C19H20FNO2. The second-order valence-corrected chi connectivity index (χ2v) is 5.81. The fourth-order valence-corrected chi connectivity index (χ4v) is 2.93. The lowest BCUT2D eigenvalue weighted by Gasteiger charge is -2.30. The van der Waals surface area contributed by atoms with Gasteiger partial charge in [-0.05, 0) is 43.5 Å². The maximum atomic E-state index is 13.5. The molecule has 0 atom stereocenters. The van der Waals surface area contributed by atoms with Crippen molar-refractivity contribution in [2.24, 2.45) is 0 Å². The minimum Gasteiger partial charge on any atom is -0.490 e. The molecule has 0 radical (unpaired) electrons. The molecule has 1 aliphatic rings. The maximum absolute atomic E-state index is 13.5. The lowest BCUT2D eigenvalue weighted by molar-refractivity contribution is -0.119. The Hall–Kier alpha value is -2.36. The molecule has 0 unspecified atom stereocenters. The van der Waals surface area contributed by atoms with Gasteiger partial charge in [0.25, 0.3) is 0 Å². The average molecular weight is 313 g/mol. The van der Waals surface area contributed by atoms with E-state index in [1.54, 1.807) is 18.2 Å². The monoisotopic (exact) mass is 313 g/mol. The van der Waals surface area contributed by atoms with Crippen LogP contribution < -0.4 is 9.64 Å². The molecule has 2 aromatic rings. The molecule has 0 aromatic heterocycles. The van der Waals surface area contributed by atoms with Gasteiger partial charge in [-0.3, -0.25) is 4.79 Å². The van der Waals surface area contributed by atoms with E-state index < -0.39 is 5.82 Å². The maximum Gasteiger partial charge on any atom is 0.230 e. The molecule has 0 saturated heterocycles. The summed E-state index contributed by atoms with van der Waals surface area (Å²) in [5.41, 5.74) is 3.43. The molecule has 1 amide bonds. The van der Waals surface area contributed by atoms with Crippen LogP contribution in [0.25, 0.3) is 0 Å². The minimum absolute atomic E-state index is 0.0196. The van der Waals surface area contributed by atoms with Crippen molar-refractivity contribution in [1.82, 2.24) is 0 Å². The molecule has 0 spiro atoms. The van der Waals surface area contributed by atoms with Gasteiger partial charge in [-0.15, -0.1) is 0 Å². The number of amides is 1. The standard InChI is InChI=1S/C19H20FNO2/c1-14-8-9-17-15(13-14)5-4-11-21(17)19(22)10-12-23-18-7-3-2-6-16(18)20/h2-3,6-9,13H,4-5,10-12H2,1H3. The first-order valence-corrected chi connectivity index (χ1v) is 7.92. The Balaban J connectivity index is 1.62. The molecule has 120 valence electrons. The molecule has 2 aromatic carbocycles. The fourth-order valence-electron chi connectivity index (χ4n) is 2.93. The SMILES string of the molecule is Cc1ccc2c(c1)CCCN2C(=O)CCOc1ccccc1F. The highest BCUT2D eigenvalue weighted by Crippen LogP contribution is 2.28. The van der Waals surface area contributed by atoms with Crippen LogP contribution in [0, 0.1) is 12.7 Å². The Labute approximate surface area is 135 Å². The number of carbonyl (C=O) groups excluding carboxylic acids is 1. The third kappa shape index (κ3) is 3.52. The number of nitrogens with zero attached hydrogens (tertiary/aromatic N) is 1. The third-order valence-corrected chi connectivity index (χ3v) is 4.06. The number of aryl methyl sites for hydroxylation is 2. The lowest BCUT2D eigenvalue weighted by Crippen LogP contribution is -2.36. The van der Waals surface area contributed by atoms with Gasteiger partial charge in [0.15, 0.2) is 11.6 Å². The number of halogens is 1. The molecule has 3 rings (SSSR count). The number of hydrogen-bond donors (Lipinski definition) is 0. The number of anilines is 1. The van der Waals surface area contributed by atoms with E-state index in [0.29, 0.717) is 0 Å². The van der Waals surface area contributed by atoms with Crippen molar-refractivity contribution in [2.45, 2.75) is 26.2 Å². The molecule has 3 nitrogen and oxygen atoms in total. The second-order valence-electron chi connectivity index (χ2n) is 5.81. The Bertz CT molecular complexity index is 714. The number of ether oxygens (including phenoxy) is 1. The van der Waals surface area contributed by atoms with Gasteiger partial charge in [-0.2, -0.15) is 0 Å². The zero-order valence-electron chi connectivity index (χ0n) is 13.2. The van der Waals surface area contributed by atoms with Crippen molar-refractivity contribution in [3.63, 3.8) is 0 Å². The van der Waals surface area contributed by atoms with Crippen LogP contribution >= 0.6 is 0 Å². The highest BCUT2D eigenvalue weighted by molar-refractivity contribution is 5.94. The molecule has 1 aliphatic heterocycles. The van der Waals surface area contributed by atoms with Crippen molar-refractivity contribution in [3.8, 4) is 5.75 Å². The van der Waals surface area contributed by atoms with Gasteiger partial charge >= 0.3 is 0 Å². The Morgan fingerprint density at radius 3 is 2.91 bits per heavy atom. The molecule has 0 saturated carbocycles. The van der Waals surface area contributed by atoms with Crippen molar-refractivity contribution >= 4 is 11.6 Å². The Morgan fingerprint density at radius 2 is 2.09 bits per heavy atom. The second kappa shape index (κ2) is 6.82. The highest BCUT2D eigenvalue weighted by Gasteiger charge is 2.22. The quantitative estimate of drug-likeness (QED) is 0.857. The first kappa shape index (κ1) is 15.5. The van der Waals surface area contributed by atoms with Crippen LogP contribution in [-0.2, 0) is 11.2 Å². The molecular weight excluding hydrogens is 293 g/mol. The average Bonchev–Trinajstić information content (AvgIpc) is 2.55. The lowest BCUT2D eigenvalue weighted by atomic mass is 9.99. The van der Waals surface area contributed by atoms with Crippen LogP contribution in [0.4, 0.5) is 10.1 Å². The summed E-state index contributed by atoms with van der Waals surface area (Å²) in [4.78, 5) is 14.3. The predicted octanol–water partition coefficient (Wildman–Crippen LogP) is 3.88. The van der Waals surface area contributed by atoms with E-state index in [1.807, 2.05) is 17.0 Å². The van der Waals surface area contributed by atoms with Crippen molar-refractivity contribution in [2.75, 3.05) is 18.1 Å². The number of carbonyl (C=O) groups is 1. The largest absolute Gasteiger partial charge is 0.490 e. The predicted molar refractivity (Wildman–Crippen MR) is 88.4 cm³/mol. The summed E-state index contributed by atoms with van der Waals surface area (Å²) in [5, 5.41) is 0. The third-order valence-electron chi connectivity index (χ3n) is 4.06. The van der Waals surface area contributed by atoms with Crippen molar-refractivity contribution < 1.29 is 13.9 Å². The molecule has 0 N–H and O–H groups in total. The smallest absolute Gasteiger partial charge is 0.230 e. The van der Waals surface area contributed by atoms with E-state index in [2.05, 4.69) is 13.0 Å². The van der Waals surface area contributed by atoms with Gasteiger partial charge in [0.05, 0.1) is 13.0 Å². The molecule has 4 heteroatoms. The molecule has 23 heavy (non-hydrogen) atoms. The molecule has 1 heterocycles. The molecule has 0 fully saturated rings. The van der Waals surface area contributed by atoms with Crippen molar-refractivity contribution in [3.05, 3.63) is 59.4 Å². The first-order valence-electron chi connectivity index (χ1n) is 7.92. The summed E-state index contributed by atoms with van der Waals surface area (Å²) >= 11 is 0. The number of hydrogen-bond acceptors (Lipinski definition) is 2. The Kier molecular flexibility index (Phi) is 4.60. The van der Waals surface area contributed by atoms with Crippen LogP contribution in [0.2, 0.25) is 0 Å². The van der Waals surface area contributed by atoms with E-state index in [-0.39, 0.29) is 24.7 Å². The fraction of sp³-hybridized carbons (Fsp3) is 0.316. The van der Waals surface area contributed by atoms with Gasteiger partial charge in [0, 0.05) is 12.2 Å². The summed E-state index contributed by atoms with van der Waals surface area (Å²) in [5.74, 6) is -0.195. The van der Waals surface area contributed by atoms with Crippen LogP contribution in [-0.4, -0.2) is 19.1 Å². The van der Waals surface area contributed by atoms with E-state index in [9.17, 15) is 9.18 Å². The summed E-state index contributed by atoms with van der Waals surface area (Å²) < 4.78 is 18.9. The zero-order valence-corrected chi connectivity index (χ0v) is 13.2. The van der Waals surface area contributed by atoms with Crippen LogP contribution in [0.3, 0.4) is 0 Å². The number of benzene rings is 2. The van der Waals surface area contributed by atoms with E-state index in [4.69, 9.17) is 4.74 Å². The summed E-state index contributed by atoms with van der Waals surface area (Å²) in [6.07, 6.45) is 2.21. The van der Waals surface area contributed by atoms with E-state index in [1.165, 1.54) is 17.2 Å². The van der Waals surface area contributed by atoms with Crippen LogP contribution in [0.5, 0.6) is 5.75 Å². The number of fused-ring (bicyclic) bond motifs is 1. The number of rotatable bonds is 4. The normalized spacial score (nSPS) is 13.6. The summed E-state index contributed by atoms with van der Waals surface area (Å²) in [6.45, 7) is 2.97. The van der Waals surface area contributed by atoms with Crippen molar-refractivity contribution in [1.29, 1.82) is 0 Å². The molecule has 0 bridgehead atoms. The highest BCUT2D eigenvalue weighted by atomic mass is 19.1. The van der Waals surface area contributed by atoms with Gasteiger partial charge in [0.2, 0.25) is 5.91 Å². The minimum atomic E-state index is -0.404. The van der Waals surface area contributed by atoms with Gasteiger partial charge in [0.1, 0.15) is 0 Å². The topological polar surface area (TPSA) is 29.5 Å². The van der Waals surface area contributed by atoms with E-state index >= 15 is 0 Å². The summed E-state index contributed by atoms with van der Waals surface area (Å²) in [6, 6.07) is 12.4. The van der Waals surface area contributed by atoms with E-state index in [0.717, 1.165) is 25.1 Å². The van der Waals surface area contributed by atoms with Gasteiger partial charge in [-0.1, -0.05) is 29.8 Å². The Morgan fingerprint density at radius 1 is 1.26 bits per heavy atom. The van der Waals surface area contributed by atoms with Crippen LogP contribution in [0.15, 0.2) is 42.5 Å². The first-order chi connectivity index (χ1) is 11.1.